The van der Waals surface area contributed by atoms with E-state index >= 15 is 0 Å². The monoisotopic (exact) mass is 455 g/mol. The second kappa shape index (κ2) is 13.9. The molecule has 0 spiro atoms. The zero-order chi connectivity index (χ0) is 24.1. The molecule has 0 aromatic heterocycles. The molecule has 178 valence electrons. The number of carbonyl (C=O) groups is 1. The Bertz CT molecular complexity index is 909. The smallest absolute Gasteiger partial charge is 0.343 e. The Morgan fingerprint density at radius 3 is 2.42 bits per heavy atom. The maximum Gasteiger partial charge on any atom is 0.343 e. The number of hydrogen-bond donors (Lipinski definition) is 0. The Hall–Kier alpha value is -3.35. The Labute approximate surface area is 195 Å². The average molecular weight is 456 g/mol. The molecule has 0 radical (unpaired) electrons. The first-order chi connectivity index (χ1) is 15.9. The van der Waals surface area contributed by atoms with E-state index in [0.29, 0.717) is 24.7 Å². The lowest BCUT2D eigenvalue weighted by Gasteiger charge is -2.12. The number of ether oxygens (including phenoxy) is 3. The summed E-state index contributed by atoms with van der Waals surface area (Å²) in [6.45, 7) is 8.73. The average Bonchev–Trinajstić information content (AvgIpc) is 2.82. The van der Waals surface area contributed by atoms with Crippen LogP contribution >= 0.6 is 0 Å². The quantitative estimate of drug-likeness (QED) is 0.0737. The van der Waals surface area contributed by atoms with Crippen LogP contribution in [0.2, 0.25) is 0 Å². The van der Waals surface area contributed by atoms with Gasteiger partial charge in [-0.3, -0.25) is 10.1 Å². The van der Waals surface area contributed by atoms with Crippen LogP contribution in [0.4, 0.5) is 5.69 Å². The third-order valence-corrected chi connectivity index (χ3v) is 5.22. The molecular weight excluding hydrogens is 422 g/mol. The largest absolute Gasteiger partial charge is 0.494 e. The van der Waals surface area contributed by atoms with E-state index in [4.69, 9.17) is 14.2 Å². The van der Waals surface area contributed by atoms with E-state index < -0.39 is 10.9 Å². The molecule has 0 aliphatic heterocycles. The Morgan fingerprint density at radius 1 is 1.06 bits per heavy atom. The Kier molecular flexibility index (Phi) is 10.9. The van der Waals surface area contributed by atoms with Crippen LogP contribution in [0.3, 0.4) is 0 Å². The van der Waals surface area contributed by atoms with Crippen molar-refractivity contribution >= 4 is 11.7 Å². The van der Waals surface area contributed by atoms with Crippen molar-refractivity contribution in [2.75, 3.05) is 13.2 Å². The number of esters is 1. The number of rotatable bonds is 15. The van der Waals surface area contributed by atoms with E-state index in [1.165, 1.54) is 18.2 Å². The summed E-state index contributed by atoms with van der Waals surface area (Å²) in [6, 6.07) is 10.8. The second-order valence-electron chi connectivity index (χ2n) is 7.96. The molecule has 0 heterocycles. The first-order valence-corrected chi connectivity index (χ1v) is 11.4. The minimum absolute atomic E-state index is 0.0781. The van der Waals surface area contributed by atoms with Crippen LogP contribution in [0.25, 0.3) is 0 Å². The summed E-state index contributed by atoms with van der Waals surface area (Å²) in [4.78, 5) is 23.4. The number of nitrogens with zero attached hydrogens (tertiary/aromatic N) is 1. The maximum absolute atomic E-state index is 12.5. The molecule has 2 aromatic rings. The van der Waals surface area contributed by atoms with Gasteiger partial charge in [-0.2, -0.15) is 0 Å². The zero-order valence-electron chi connectivity index (χ0n) is 19.5. The Morgan fingerprint density at radius 2 is 1.76 bits per heavy atom. The maximum atomic E-state index is 12.5. The fraction of sp³-hybridized carbons (Fsp3) is 0.423. The molecular formula is C26H33NO6. The minimum Gasteiger partial charge on any atom is -0.494 e. The van der Waals surface area contributed by atoms with Crippen molar-refractivity contribution in [2.45, 2.75) is 52.4 Å². The third kappa shape index (κ3) is 8.96. The summed E-state index contributed by atoms with van der Waals surface area (Å²) in [5, 5.41) is 11.4. The van der Waals surface area contributed by atoms with Crippen LogP contribution in [-0.4, -0.2) is 24.1 Å². The van der Waals surface area contributed by atoms with Gasteiger partial charge in [-0.15, -0.1) is 6.58 Å². The topological polar surface area (TPSA) is 87.9 Å². The number of hydrogen-bond acceptors (Lipinski definition) is 6. The van der Waals surface area contributed by atoms with Gasteiger partial charge in [0, 0.05) is 6.07 Å². The molecule has 33 heavy (non-hydrogen) atoms. The van der Waals surface area contributed by atoms with Crippen molar-refractivity contribution in [2.24, 2.45) is 5.92 Å². The van der Waals surface area contributed by atoms with Gasteiger partial charge in [0.15, 0.2) is 5.75 Å². The van der Waals surface area contributed by atoms with Crippen molar-refractivity contribution in [3.63, 3.8) is 0 Å². The van der Waals surface area contributed by atoms with E-state index in [0.717, 1.165) is 38.5 Å². The van der Waals surface area contributed by atoms with Gasteiger partial charge in [-0.25, -0.2) is 4.79 Å². The second-order valence-corrected chi connectivity index (χ2v) is 7.96. The molecule has 2 aromatic carbocycles. The van der Waals surface area contributed by atoms with Crippen molar-refractivity contribution in [1.82, 2.24) is 0 Å². The molecule has 7 heteroatoms. The number of nitro groups is 1. The highest BCUT2D eigenvalue weighted by Gasteiger charge is 2.20. The molecule has 2 rings (SSSR count). The fourth-order valence-corrected chi connectivity index (χ4v) is 2.96. The lowest BCUT2D eigenvalue weighted by molar-refractivity contribution is -0.385. The molecule has 0 saturated carbocycles. The number of carbonyl (C=O) groups excluding carboxylic acids is 1. The van der Waals surface area contributed by atoms with E-state index in [-0.39, 0.29) is 22.9 Å². The highest BCUT2D eigenvalue weighted by atomic mass is 16.6. The van der Waals surface area contributed by atoms with Crippen molar-refractivity contribution in [1.29, 1.82) is 0 Å². The zero-order valence-corrected chi connectivity index (χ0v) is 19.5. The molecule has 1 atom stereocenters. The predicted molar refractivity (Wildman–Crippen MR) is 128 cm³/mol. The van der Waals surface area contributed by atoms with Gasteiger partial charge in [0.2, 0.25) is 0 Å². The van der Waals surface area contributed by atoms with E-state index in [1.54, 1.807) is 24.3 Å². The third-order valence-electron chi connectivity index (χ3n) is 5.22. The molecule has 7 nitrogen and oxygen atoms in total. The summed E-state index contributed by atoms with van der Waals surface area (Å²) < 4.78 is 16.6. The van der Waals surface area contributed by atoms with Gasteiger partial charge in [0.05, 0.1) is 23.7 Å². The number of benzene rings is 2. The van der Waals surface area contributed by atoms with Crippen molar-refractivity contribution < 1.29 is 23.9 Å². The SMILES string of the molecule is C=CCCCCCCOc1ccc(OC(=O)c2ccc(OCC(C)CC)c([N+](=O)[O-])c2)cc1. The van der Waals surface area contributed by atoms with Crippen LogP contribution in [0.15, 0.2) is 55.1 Å². The summed E-state index contributed by atoms with van der Waals surface area (Å²) in [5.74, 6) is 0.748. The van der Waals surface area contributed by atoms with E-state index in [1.807, 2.05) is 19.9 Å². The lowest BCUT2D eigenvalue weighted by atomic mass is 10.1. The van der Waals surface area contributed by atoms with Gasteiger partial charge >= 0.3 is 11.7 Å². The van der Waals surface area contributed by atoms with Gasteiger partial charge in [-0.05, 0) is 61.6 Å². The lowest BCUT2D eigenvalue weighted by Crippen LogP contribution is -2.11. The molecule has 0 aliphatic rings. The number of nitro benzene ring substituents is 1. The number of unbranched alkanes of at least 4 members (excludes halogenated alkanes) is 4. The van der Waals surface area contributed by atoms with Crippen LogP contribution in [0.5, 0.6) is 17.2 Å². The standard InChI is InChI=1S/C26H33NO6/c1-4-6-7-8-9-10-17-31-22-12-14-23(15-13-22)33-26(28)21-11-16-25(24(18-21)27(29)30)32-19-20(3)5-2/h4,11-16,18,20H,1,5-10,17,19H2,2-3H3. The Balaban J connectivity index is 1.90. The predicted octanol–water partition coefficient (Wildman–Crippen LogP) is 6.75. The van der Waals surface area contributed by atoms with Crippen LogP contribution in [0, 0.1) is 16.0 Å². The van der Waals surface area contributed by atoms with Crippen molar-refractivity contribution in [3.05, 3.63) is 70.8 Å². The van der Waals surface area contributed by atoms with Gasteiger partial charge in [0.1, 0.15) is 11.5 Å². The molecule has 1 unspecified atom stereocenters. The summed E-state index contributed by atoms with van der Waals surface area (Å²) in [5.41, 5.74) is -0.185. The van der Waals surface area contributed by atoms with E-state index in [2.05, 4.69) is 6.58 Å². The first kappa shape index (κ1) is 25.9. The highest BCUT2D eigenvalue weighted by molar-refractivity contribution is 5.92. The normalized spacial score (nSPS) is 11.5. The molecule has 0 N–H and O–H groups in total. The fourth-order valence-electron chi connectivity index (χ4n) is 2.96. The summed E-state index contributed by atoms with van der Waals surface area (Å²) in [6.07, 6.45) is 8.28. The van der Waals surface area contributed by atoms with Crippen LogP contribution in [-0.2, 0) is 0 Å². The highest BCUT2D eigenvalue weighted by Crippen LogP contribution is 2.29. The summed E-state index contributed by atoms with van der Waals surface area (Å²) >= 11 is 0. The molecule has 0 amide bonds. The molecule has 0 fully saturated rings. The molecule has 0 aliphatic carbocycles. The van der Waals surface area contributed by atoms with Crippen LogP contribution in [0.1, 0.15) is 62.7 Å². The molecule has 0 saturated heterocycles. The van der Waals surface area contributed by atoms with Crippen LogP contribution < -0.4 is 14.2 Å². The number of allylic oxidation sites excluding steroid dienone is 1. The van der Waals surface area contributed by atoms with Gasteiger partial charge < -0.3 is 14.2 Å². The van der Waals surface area contributed by atoms with Gasteiger partial charge in [0.25, 0.3) is 0 Å². The van der Waals surface area contributed by atoms with Crippen molar-refractivity contribution in [3.8, 4) is 17.2 Å². The summed E-state index contributed by atoms with van der Waals surface area (Å²) in [7, 11) is 0. The first-order valence-electron chi connectivity index (χ1n) is 11.4. The minimum atomic E-state index is -0.681. The van der Waals surface area contributed by atoms with Gasteiger partial charge in [-0.1, -0.05) is 39.2 Å². The molecule has 0 bridgehead atoms. The van der Waals surface area contributed by atoms with E-state index in [9.17, 15) is 14.9 Å².